The molecule has 96 valence electrons. The van der Waals surface area contributed by atoms with E-state index in [0.717, 1.165) is 4.47 Å². The summed E-state index contributed by atoms with van der Waals surface area (Å²) in [5.41, 5.74) is 0.670. The van der Waals surface area contributed by atoms with E-state index in [1.54, 1.807) is 11.9 Å². The van der Waals surface area contributed by atoms with E-state index >= 15 is 0 Å². The lowest BCUT2D eigenvalue weighted by Crippen LogP contribution is -2.31. The first-order valence-corrected chi connectivity index (χ1v) is 6.40. The Morgan fingerprint density at radius 2 is 2.24 bits per heavy atom. The van der Waals surface area contributed by atoms with Gasteiger partial charge in [-0.1, -0.05) is 0 Å². The minimum absolute atomic E-state index is 0.00514. The van der Waals surface area contributed by atoms with Crippen LogP contribution in [-0.2, 0) is 11.8 Å². The van der Waals surface area contributed by atoms with Crippen molar-refractivity contribution in [3.63, 3.8) is 0 Å². The molecule has 0 aromatic carbocycles. The number of rotatable bonds is 5. The molecular formula is C12H19BrN2O2. The van der Waals surface area contributed by atoms with Crippen LogP contribution < -0.4 is 0 Å². The molecule has 0 aliphatic heterocycles. The summed E-state index contributed by atoms with van der Waals surface area (Å²) in [5, 5.41) is 0. The maximum Gasteiger partial charge on any atom is 0.270 e. The van der Waals surface area contributed by atoms with Crippen LogP contribution in [-0.4, -0.2) is 41.7 Å². The van der Waals surface area contributed by atoms with Gasteiger partial charge in [0.25, 0.3) is 5.91 Å². The van der Waals surface area contributed by atoms with Gasteiger partial charge in [0, 0.05) is 31.3 Å². The highest BCUT2D eigenvalue weighted by Gasteiger charge is 2.15. The number of ether oxygens (including phenoxy) is 1. The smallest absolute Gasteiger partial charge is 0.270 e. The van der Waals surface area contributed by atoms with Crippen molar-refractivity contribution in [1.82, 2.24) is 9.47 Å². The molecule has 0 saturated heterocycles. The zero-order valence-electron chi connectivity index (χ0n) is 10.7. The number of nitrogens with zero attached hydrogens (tertiary/aromatic N) is 2. The quantitative estimate of drug-likeness (QED) is 0.836. The summed E-state index contributed by atoms with van der Waals surface area (Å²) >= 11 is 3.36. The zero-order valence-corrected chi connectivity index (χ0v) is 12.3. The van der Waals surface area contributed by atoms with Gasteiger partial charge in [0.15, 0.2) is 0 Å². The fourth-order valence-corrected chi connectivity index (χ4v) is 1.98. The Kier molecular flexibility index (Phi) is 5.21. The Labute approximate surface area is 111 Å². The number of aryl methyl sites for hydroxylation is 1. The van der Waals surface area contributed by atoms with Crippen LogP contribution in [0.15, 0.2) is 16.7 Å². The van der Waals surface area contributed by atoms with Gasteiger partial charge in [-0.15, -0.1) is 0 Å². The summed E-state index contributed by atoms with van der Waals surface area (Å²) in [7, 11) is 3.64. The number of hydrogen-bond donors (Lipinski definition) is 0. The highest BCUT2D eigenvalue weighted by atomic mass is 79.9. The first-order valence-electron chi connectivity index (χ1n) is 5.60. The van der Waals surface area contributed by atoms with Gasteiger partial charge in [0.05, 0.1) is 12.7 Å². The largest absolute Gasteiger partial charge is 0.377 e. The first kappa shape index (κ1) is 14.3. The van der Waals surface area contributed by atoms with Gasteiger partial charge in [-0.2, -0.15) is 0 Å². The molecule has 1 heterocycles. The molecule has 0 radical (unpaired) electrons. The standard InChI is InChI=1S/C12H19BrN2O2/c1-9(2)17-6-5-14(3)12(16)11-7-10(13)8-15(11)4/h7-9H,5-6H2,1-4H3. The Morgan fingerprint density at radius 3 is 2.71 bits per heavy atom. The third-order valence-electron chi connectivity index (χ3n) is 2.42. The number of hydrogen-bond acceptors (Lipinski definition) is 2. The molecule has 5 heteroatoms. The van der Waals surface area contributed by atoms with E-state index in [1.165, 1.54) is 0 Å². The van der Waals surface area contributed by atoms with Crippen LogP contribution in [0.3, 0.4) is 0 Å². The van der Waals surface area contributed by atoms with E-state index in [-0.39, 0.29) is 12.0 Å². The normalized spacial score (nSPS) is 10.9. The Bertz CT molecular complexity index is 388. The Balaban J connectivity index is 2.55. The van der Waals surface area contributed by atoms with Crippen LogP contribution in [0.4, 0.5) is 0 Å². The van der Waals surface area contributed by atoms with Crippen molar-refractivity contribution in [2.24, 2.45) is 7.05 Å². The topological polar surface area (TPSA) is 34.5 Å². The number of likely N-dealkylation sites (N-methyl/N-ethyl adjacent to an activating group) is 1. The maximum absolute atomic E-state index is 12.1. The van der Waals surface area contributed by atoms with Crippen molar-refractivity contribution in [1.29, 1.82) is 0 Å². The summed E-state index contributed by atoms with van der Waals surface area (Å²) in [6.07, 6.45) is 2.06. The molecule has 17 heavy (non-hydrogen) atoms. The van der Waals surface area contributed by atoms with Crippen molar-refractivity contribution in [2.45, 2.75) is 20.0 Å². The van der Waals surface area contributed by atoms with Crippen molar-refractivity contribution < 1.29 is 9.53 Å². The molecular weight excluding hydrogens is 284 g/mol. The molecule has 1 rings (SSSR count). The van der Waals surface area contributed by atoms with Crippen molar-refractivity contribution in [3.05, 3.63) is 22.4 Å². The van der Waals surface area contributed by atoms with Crippen molar-refractivity contribution in [3.8, 4) is 0 Å². The molecule has 1 aromatic rings. The van der Waals surface area contributed by atoms with Gasteiger partial charge in [0.2, 0.25) is 0 Å². The molecule has 1 amide bonds. The minimum Gasteiger partial charge on any atom is -0.377 e. The third kappa shape index (κ3) is 4.16. The second-order valence-electron chi connectivity index (χ2n) is 4.30. The maximum atomic E-state index is 12.1. The van der Waals surface area contributed by atoms with Crippen LogP contribution in [0.5, 0.6) is 0 Å². The molecule has 0 aliphatic rings. The van der Waals surface area contributed by atoms with Crippen molar-refractivity contribution >= 4 is 21.8 Å². The van der Waals surface area contributed by atoms with Crippen LogP contribution in [0.25, 0.3) is 0 Å². The molecule has 0 aliphatic carbocycles. The van der Waals surface area contributed by atoms with Gasteiger partial charge in [0.1, 0.15) is 5.69 Å². The number of halogens is 1. The predicted octanol–water partition coefficient (Wildman–Crippen LogP) is 2.28. The average Bonchev–Trinajstić information content (AvgIpc) is 2.56. The van der Waals surface area contributed by atoms with Crippen LogP contribution in [0.1, 0.15) is 24.3 Å². The molecule has 0 atom stereocenters. The van der Waals surface area contributed by atoms with Gasteiger partial charge >= 0.3 is 0 Å². The van der Waals surface area contributed by atoms with E-state index in [9.17, 15) is 4.79 Å². The second-order valence-corrected chi connectivity index (χ2v) is 5.22. The van der Waals surface area contributed by atoms with E-state index in [0.29, 0.717) is 18.8 Å². The summed E-state index contributed by atoms with van der Waals surface area (Å²) in [6, 6.07) is 1.82. The van der Waals surface area contributed by atoms with E-state index in [2.05, 4.69) is 15.9 Å². The molecule has 0 bridgehead atoms. The van der Waals surface area contributed by atoms with Gasteiger partial charge < -0.3 is 14.2 Å². The number of carbonyl (C=O) groups is 1. The van der Waals surface area contributed by atoms with E-state index in [4.69, 9.17) is 4.74 Å². The van der Waals surface area contributed by atoms with Crippen LogP contribution >= 0.6 is 15.9 Å². The van der Waals surface area contributed by atoms with E-state index in [1.807, 2.05) is 37.7 Å². The monoisotopic (exact) mass is 302 g/mol. The van der Waals surface area contributed by atoms with Crippen molar-refractivity contribution in [2.75, 3.05) is 20.2 Å². The SMILES string of the molecule is CC(C)OCCN(C)C(=O)c1cc(Br)cn1C. The van der Waals surface area contributed by atoms with Gasteiger partial charge in [-0.3, -0.25) is 4.79 Å². The molecule has 1 aromatic heterocycles. The van der Waals surface area contributed by atoms with Crippen LogP contribution in [0.2, 0.25) is 0 Å². The minimum atomic E-state index is 0.00514. The summed E-state index contributed by atoms with van der Waals surface area (Å²) in [6.45, 7) is 5.12. The third-order valence-corrected chi connectivity index (χ3v) is 2.85. The predicted molar refractivity (Wildman–Crippen MR) is 71.2 cm³/mol. The lowest BCUT2D eigenvalue weighted by Gasteiger charge is -2.18. The highest BCUT2D eigenvalue weighted by Crippen LogP contribution is 2.14. The van der Waals surface area contributed by atoms with E-state index < -0.39 is 0 Å². The van der Waals surface area contributed by atoms with Gasteiger partial charge in [-0.05, 0) is 35.8 Å². The van der Waals surface area contributed by atoms with Gasteiger partial charge in [-0.25, -0.2) is 0 Å². The number of carbonyl (C=O) groups excluding carboxylic acids is 1. The Morgan fingerprint density at radius 1 is 1.59 bits per heavy atom. The fraction of sp³-hybridized carbons (Fsp3) is 0.583. The molecule has 4 nitrogen and oxygen atoms in total. The first-order chi connectivity index (χ1) is 7.91. The van der Waals surface area contributed by atoms with Crippen LogP contribution in [0, 0.1) is 0 Å². The molecule has 0 N–H and O–H groups in total. The summed E-state index contributed by atoms with van der Waals surface area (Å²) in [4.78, 5) is 13.8. The number of aromatic nitrogens is 1. The lowest BCUT2D eigenvalue weighted by molar-refractivity contribution is 0.0527. The summed E-state index contributed by atoms with van der Waals surface area (Å²) < 4.78 is 8.15. The average molecular weight is 303 g/mol. The molecule has 0 spiro atoms. The summed E-state index contributed by atoms with van der Waals surface area (Å²) in [5.74, 6) is 0.00514. The zero-order chi connectivity index (χ0) is 13.0. The Hall–Kier alpha value is -0.810. The number of amides is 1. The second kappa shape index (κ2) is 6.21. The lowest BCUT2D eigenvalue weighted by atomic mass is 10.3. The molecule has 0 fully saturated rings. The molecule has 0 saturated carbocycles. The highest BCUT2D eigenvalue weighted by molar-refractivity contribution is 9.10. The molecule has 0 unspecified atom stereocenters. The fourth-order valence-electron chi connectivity index (χ4n) is 1.46.